The Labute approximate surface area is 145 Å². The van der Waals surface area contributed by atoms with Gasteiger partial charge in [0.15, 0.2) is 0 Å². The van der Waals surface area contributed by atoms with Crippen LogP contribution in [0.2, 0.25) is 0 Å². The molecule has 0 aliphatic heterocycles. The molecule has 0 aliphatic rings. The largest absolute Gasteiger partial charge is 0.478 e. The molecular weight excluding hydrogens is 326 g/mol. The summed E-state index contributed by atoms with van der Waals surface area (Å²) in [5.41, 5.74) is 0.970. The Morgan fingerprint density at radius 1 is 1.32 bits per heavy atom. The van der Waals surface area contributed by atoms with E-state index >= 15 is 0 Å². The van der Waals surface area contributed by atoms with Gasteiger partial charge in [-0.05, 0) is 45.4 Å². The van der Waals surface area contributed by atoms with Crippen LogP contribution in [0.5, 0.6) is 6.01 Å². The van der Waals surface area contributed by atoms with E-state index in [0.717, 1.165) is 5.52 Å². The molecule has 8 heteroatoms. The molecule has 0 fully saturated rings. The molecule has 136 valence electrons. The first-order valence-electron chi connectivity index (χ1n) is 7.95. The second-order valence-corrected chi connectivity index (χ2v) is 6.54. The monoisotopic (exact) mass is 349 g/mol. The number of aryl methyl sites for hydroxylation is 1. The van der Waals surface area contributed by atoms with E-state index < -0.39 is 17.7 Å². The van der Waals surface area contributed by atoms with E-state index in [1.165, 1.54) is 19.2 Å². The topological polar surface area (TPSA) is 103 Å². The van der Waals surface area contributed by atoms with Crippen LogP contribution in [0.4, 0.5) is 4.79 Å². The molecular formula is C17H23N3O5. The van der Waals surface area contributed by atoms with Crippen molar-refractivity contribution in [3.63, 3.8) is 0 Å². The molecule has 0 atom stereocenters. The molecule has 0 unspecified atom stereocenters. The van der Waals surface area contributed by atoms with Crippen molar-refractivity contribution >= 4 is 23.1 Å². The lowest BCUT2D eigenvalue weighted by Crippen LogP contribution is -2.33. The number of hydrogen-bond acceptors (Lipinski definition) is 5. The SMILES string of the molecule is COc1nc2cc(C(=O)O)ccc2n1CCCNC(=O)OC(C)(C)C. The van der Waals surface area contributed by atoms with Gasteiger partial charge in [0.1, 0.15) is 5.60 Å². The molecule has 0 spiro atoms. The lowest BCUT2D eigenvalue weighted by molar-refractivity contribution is 0.0526. The molecule has 2 rings (SSSR count). The zero-order valence-corrected chi connectivity index (χ0v) is 14.8. The molecule has 0 saturated heterocycles. The molecule has 1 heterocycles. The quantitative estimate of drug-likeness (QED) is 0.777. The Morgan fingerprint density at radius 2 is 2.04 bits per heavy atom. The van der Waals surface area contributed by atoms with Crippen molar-refractivity contribution in [3.05, 3.63) is 23.8 Å². The number of rotatable bonds is 6. The summed E-state index contributed by atoms with van der Waals surface area (Å²) in [6.45, 7) is 6.41. The molecule has 1 aromatic carbocycles. The minimum absolute atomic E-state index is 0.173. The van der Waals surface area contributed by atoms with E-state index in [2.05, 4.69) is 10.3 Å². The number of nitrogens with zero attached hydrogens (tertiary/aromatic N) is 2. The van der Waals surface area contributed by atoms with E-state index in [0.29, 0.717) is 31.0 Å². The van der Waals surface area contributed by atoms with Crippen molar-refractivity contribution in [1.82, 2.24) is 14.9 Å². The average Bonchev–Trinajstić information content (AvgIpc) is 2.86. The maximum absolute atomic E-state index is 11.6. The summed E-state index contributed by atoms with van der Waals surface area (Å²) in [4.78, 5) is 27.0. The van der Waals surface area contributed by atoms with Gasteiger partial charge in [0.25, 0.3) is 6.01 Å². The number of amides is 1. The minimum Gasteiger partial charge on any atom is -0.478 e. The van der Waals surface area contributed by atoms with Crippen LogP contribution in [-0.2, 0) is 11.3 Å². The number of ether oxygens (including phenoxy) is 2. The van der Waals surface area contributed by atoms with Gasteiger partial charge in [-0.2, -0.15) is 4.98 Å². The van der Waals surface area contributed by atoms with Crippen molar-refractivity contribution in [3.8, 4) is 6.01 Å². The molecule has 0 radical (unpaired) electrons. The molecule has 8 nitrogen and oxygen atoms in total. The van der Waals surface area contributed by atoms with Crippen molar-refractivity contribution in [2.75, 3.05) is 13.7 Å². The predicted molar refractivity (Wildman–Crippen MR) is 92.1 cm³/mol. The van der Waals surface area contributed by atoms with Crippen LogP contribution in [0.15, 0.2) is 18.2 Å². The molecule has 0 saturated carbocycles. The van der Waals surface area contributed by atoms with Crippen molar-refractivity contribution < 1.29 is 24.2 Å². The summed E-state index contributed by atoms with van der Waals surface area (Å²) in [5.74, 6) is -1.00. The fourth-order valence-corrected chi connectivity index (χ4v) is 2.35. The molecule has 2 aromatic rings. The van der Waals surface area contributed by atoms with E-state index in [1.807, 2.05) is 4.57 Å². The molecule has 1 aromatic heterocycles. The first-order valence-corrected chi connectivity index (χ1v) is 7.95. The summed E-state index contributed by atoms with van der Waals surface area (Å²) in [6, 6.07) is 5.14. The maximum atomic E-state index is 11.6. The van der Waals surface area contributed by atoms with E-state index in [-0.39, 0.29) is 5.56 Å². The minimum atomic E-state index is -1.00. The average molecular weight is 349 g/mol. The highest BCUT2D eigenvalue weighted by molar-refractivity contribution is 5.92. The van der Waals surface area contributed by atoms with Gasteiger partial charge in [-0.1, -0.05) is 0 Å². The van der Waals surface area contributed by atoms with Crippen molar-refractivity contribution in [1.29, 1.82) is 0 Å². The number of carboxylic acid groups (broad SMARTS) is 1. The number of aromatic nitrogens is 2. The smallest absolute Gasteiger partial charge is 0.407 e. The van der Waals surface area contributed by atoms with Crippen LogP contribution in [0.1, 0.15) is 37.6 Å². The van der Waals surface area contributed by atoms with Gasteiger partial charge in [-0.25, -0.2) is 9.59 Å². The number of imidazole rings is 1. The Bertz CT molecular complexity index is 776. The van der Waals surface area contributed by atoms with Crippen molar-refractivity contribution in [2.24, 2.45) is 0 Å². The number of carbonyl (C=O) groups excluding carboxylic acids is 1. The summed E-state index contributed by atoms with van der Waals surface area (Å²) in [7, 11) is 1.51. The van der Waals surface area contributed by atoms with E-state index in [4.69, 9.17) is 14.6 Å². The Morgan fingerprint density at radius 3 is 2.64 bits per heavy atom. The third-order valence-corrected chi connectivity index (χ3v) is 3.37. The number of benzene rings is 1. The number of alkyl carbamates (subject to hydrolysis) is 1. The van der Waals surface area contributed by atoms with Gasteiger partial charge in [-0.15, -0.1) is 0 Å². The first-order chi connectivity index (χ1) is 11.7. The van der Waals surface area contributed by atoms with E-state index in [9.17, 15) is 9.59 Å². The maximum Gasteiger partial charge on any atom is 0.407 e. The number of aromatic carboxylic acids is 1. The highest BCUT2D eigenvalue weighted by Crippen LogP contribution is 2.23. The zero-order valence-electron chi connectivity index (χ0n) is 14.8. The highest BCUT2D eigenvalue weighted by atomic mass is 16.6. The Balaban J connectivity index is 2.03. The standard InChI is InChI=1S/C17H23N3O5/c1-17(2,3)25-16(23)18-8-5-9-20-13-7-6-11(14(21)22)10-12(13)19-15(20)24-4/h6-7,10H,5,8-9H2,1-4H3,(H,18,23)(H,21,22). The van der Waals surface area contributed by atoms with Gasteiger partial charge in [0.2, 0.25) is 0 Å². The number of hydrogen-bond donors (Lipinski definition) is 2. The third-order valence-electron chi connectivity index (χ3n) is 3.37. The van der Waals surface area contributed by atoms with E-state index in [1.54, 1.807) is 26.8 Å². The number of nitrogens with one attached hydrogen (secondary N) is 1. The van der Waals surface area contributed by atoms with Crippen LogP contribution in [0.25, 0.3) is 11.0 Å². The zero-order chi connectivity index (χ0) is 18.6. The number of fused-ring (bicyclic) bond motifs is 1. The first kappa shape index (κ1) is 18.6. The summed E-state index contributed by atoms with van der Waals surface area (Å²) in [5, 5.41) is 11.8. The summed E-state index contributed by atoms with van der Waals surface area (Å²) >= 11 is 0. The van der Waals surface area contributed by atoms with Gasteiger partial charge in [-0.3, -0.25) is 4.57 Å². The number of carbonyl (C=O) groups is 2. The molecule has 1 amide bonds. The van der Waals surface area contributed by atoms with Crippen LogP contribution >= 0.6 is 0 Å². The van der Waals surface area contributed by atoms with Crippen LogP contribution in [-0.4, -0.2) is 46.0 Å². The fourth-order valence-electron chi connectivity index (χ4n) is 2.35. The lowest BCUT2D eigenvalue weighted by Gasteiger charge is -2.19. The van der Waals surface area contributed by atoms with Crippen LogP contribution < -0.4 is 10.1 Å². The number of carboxylic acids is 1. The van der Waals surface area contributed by atoms with Crippen LogP contribution in [0, 0.1) is 0 Å². The van der Waals surface area contributed by atoms with Crippen LogP contribution in [0.3, 0.4) is 0 Å². The second-order valence-electron chi connectivity index (χ2n) is 6.54. The fraction of sp³-hybridized carbons (Fsp3) is 0.471. The van der Waals surface area contributed by atoms with Gasteiger partial charge in [0.05, 0.1) is 23.7 Å². The molecule has 0 bridgehead atoms. The van der Waals surface area contributed by atoms with Crippen molar-refractivity contribution in [2.45, 2.75) is 39.3 Å². The number of methoxy groups -OCH3 is 1. The molecule has 25 heavy (non-hydrogen) atoms. The highest BCUT2D eigenvalue weighted by Gasteiger charge is 2.16. The van der Waals surface area contributed by atoms with Gasteiger partial charge < -0.3 is 19.9 Å². The van der Waals surface area contributed by atoms with Gasteiger partial charge >= 0.3 is 12.1 Å². The predicted octanol–water partition coefficient (Wildman–Crippen LogP) is 2.66. The lowest BCUT2D eigenvalue weighted by atomic mass is 10.2. The Hall–Kier alpha value is -2.77. The van der Waals surface area contributed by atoms with Gasteiger partial charge in [0, 0.05) is 13.1 Å². The normalized spacial score (nSPS) is 11.4. The summed E-state index contributed by atoms with van der Waals surface area (Å²) in [6.07, 6.45) is 0.183. The summed E-state index contributed by atoms with van der Waals surface area (Å²) < 4.78 is 12.3. The second kappa shape index (κ2) is 7.42. The molecule has 2 N–H and O–H groups in total. The Kier molecular flexibility index (Phi) is 5.51. The third kappa shape index (κ3) is 4.85. The molecule has 0 aliphatic carbocycles.